The van der Waals surface area contributed by atoms with Crippen LogP contribution in [0.25, 0.3) is 11.4 Å². The molecule has 1 aromatic heterocycles. The first-order valence-corrected chi connectivity index (χ1v) is 4.67. The maximum Gasteiger partial charge on any atom is 0.270 e. The van der Waals surface area contributed by atoms with Gasteiger partial charge in [0.1, 0.15) is 17.7 Å². The van der Waals surface area contributed by atoms with Crippen molar-refractivity contribution in [1.29, 1.82) is 5.26 Å². The second-order valence-corrected chi connectivity index (χ2v) is 3.30. The Bertz CT molecular complexity index is 627. The van der Waals surface area contributed by atoms with Crippen LogP contribution in [0.3, 0.4) is 0 Å². The monoisotopic (exact) mass is 230 g/mol. The van der Waals surface area contributed by atoms with Crippen LogP contribution in [0.4, 0.5) is 4.39 Å². The van der Waals surface area contributed by atoms with Crippen LogP contribution in [0.15, 0.2) is 24.3 Å². The summed E-state index contributed by atoms with van der Waals surface area (Å²) >= 11 is 0. The minimum absolute atomic E-state index is 0.0308. The van der Waals surface area contributed by atoms with Crippen LogP contribution in [0.1, 0.15) is 16.2 Å². The number of H-pyrrole nitrogens is 1. The molecule has 1 aromatic carbocycles. The minimum Gasteiger partial charge on any atom is -0.364 e. The van der Waals surface area contributed by atoms with Gasteiger partial charge in [0, 0.05) is 5.56 Å². The van der Waals surface area contributed by atoms with Crippen molar-refractivity contribution in [1.82, 2.24) is 9.97 Å². The van der Waals surface area contributed by atoms with Crippen molar-refractivity contribution in [2.24, 2.45) is 5.73 Å². The number of benzene rings is 1. The fourth-order valence-electron chi connectivity index (χ4n) is 1.40. The second-order valence-electron chi connectivity index (χ2n) is 3.30. The van der Waals surface area contributed by atoms with Gasteiger partial charge < -0.3 is 10.7 Å². The summed E-state index contributed by atoms with van der Waals surface area (Å²) in [5.74, 6) is -1.01. The Morgan fingerprint density at radius 3 is 2.82 bits per heavy atom. The number of nitrogens with zero attached hydrogens (tertiary/aromatic N) is 2. The highest BCUT2D eigenvalue weighted by Crippen LogP contribution is 2.18. The molecule has 6 heteroatoms. The lowest BCUT2D eigenvalue weighted by Crippen LogP contribution is -2.13. The number of halogens is 1. The molecule has 1 heterocycles. The third-order valence-corrected chi connectivity index (χ3v) is 2.15. The van der Waals surface area contributed by atoms with Crippen molar-refractivity contribution in [3.8, 4) is 17.5 Å². The van der Waals surface area contributed by atoms with Crippen molar-refractivity contribution in [2.45, 2.75) is 0 Å². The van der Waals surface area contributed by atoms with Gasteiger partial charge in [-0.05, 0) is 12.1 Å². The van der Waals surface area contributed by atoms with Crippen LogP contribution in [0, 0.1) is 17.1 Å². The Labute approximate surface area is 95.7 Å². The molecule has 2 aromatic rings. The molecule has 0 unspecified atom stereocenters. The first kappa shape index (κ1) is 10.8. The van der Waals surface area contributed by atoms with Crippen LogP contribution in [0.5, 0.6) is 0 Å². The van der Waals surface area contributed by atoms with E-state index in [9.17, 15) is 9.18 Å². The highest BCUT2D eigenvalue weighted by molar-refractivity contribution is 5.93. The van der Waals surface area contributed by atoms with Gasteiger partial charge in [-0.1, -0.05) is 12.1 Å². The van der Waals surface area contributed by atoms with Gasteiger partial charge in [0.15, 0.2) is 11.4 Å². The molecule has 3 N–H and O–H groups in total. The van der Waals surface area contributed by atoms with Gasteiger partial charge in [0.2, 0.25) is 0 Å². The molecule has 5 nitrogen and oxygen atoms in total. The van der Waals surface area contributed by atoms with E-state index in [4.69, 9.17) is 11.0 Å². The molecule has 84 valence electrons. The second kappa shape index (κ2) is 4.06. The number of amides is 1. The van der Waals surface area contributed by atoms with E-state index >= 15 is 0 Å². The first-order chi connectivity index (χ1) is 8.11. The topological polar surface area (TPSA) is 95.6 Å². The summed E-state index contributed by atoms with van der Waals surface area (Å²) in [6, 6.07) is 7.40. The molecule has 0 radical (unpaired) electrons. The summed E-state index contributed by atoms with van der Waals surface area (Å²) in [4.78, 5) is 17.5. The van der Waals surface area contributed by atoms with Crippen molar-refractivity contribution in [3.63, 3.8) is 0 Å². The molecule has 0 aliphatic heterocycles. The summed E-state index contributed by atoms with van der Waals surface area (Å²) in [6.45, 7) is 0. The molecule has 0 bridgehead atoms. The van der Waals surface area contributed by atoms with Gasteiger partial charge in [0.05, 0.1) is 0 Å². The van der Waals surface area contributed by atoms with Gasteiger partial charge in [-0.25, -0.2) is 9.37 Å². The Hall–Kier alpha value is -2.68. The number of nitrogens with two attached hydrogens (primary N) is 1. The van der Waals surface area contributed by atoms with Crippen molar-refractivity contribution < 1.29 is 9.18 Å². The number of aromatic nitrogens is 2. The molecule has 0 aliphatic rings. The smallest absolute Gasteiger partial charge is 0.270 e. The zero-order chi connectivity index (χ0) is 12.4. The SMILES string of the molecule is N#Cc1[nH]c(-c2cccc(F)c2)nc1C(N)=O. The molecule has 0 spiro atoms. The Morgan fingerprint density at radius 1 is 1.53 bits per heavy atom. The van der Waals surface area contributed by atoms with Gasteiger partial charge in [-0.3, -0.25) is 4.79 Å². The number of nitriles is 1. The normalized spacial score (nSPS) is 9.88. The standard InChI is InChI=1S/C11H7FN4O/c12-7-3-1-2-6(4-7)11-15-8(5-13)9(16-11)10(14)17/h1-4H,(H2,14,17)(H,15,16). The van der Waals surface area contributed by atoms with Crippen LogP contribution in [-0.2, 0) is 0 Å². The highest BCUT2D eigenvalue weighted by atomic mass is 19.1. The zero-order valence-electron chi connectivity index (χ0n) is 8.57. The van der Waals surface area contributed by atoms with Crippen molar-refractivity contribution >= 4 is 5.91 Å². The Balaban J connectivity index is 2.55. The van der Waals surface area contributed by atoms with E-state index in [1.807, 2.05) is 0 Å². The van der Waals surface area contributed by atoms with Gasteiger partial charge in [-0.15, -0.1) is 0 Å². The van der Waals surface area contributed by atoms with Crippen LogP contribution in [0.2, 0.25) is 0 Å². The van der Waals surface area contributed by atoms with Crippen molar-refractivity contribution in [3.05, 3.63) is 41.5 Å². The Kier molecular flexibility index (Phi) is 2.58. The average Bonchev–Trinajstić information content (AvgIpc) is 2.73. The third kappa shape index (κ3) is 1.99. The molecule has 0 aliphatic carbocycles. The number of aromatic amines is 1. The summed E-state index contributed by atoms with van der Waals surface area (Å²) in [7, 11) is 0. The summed E-state index contributed by atoms with van der Waals surface area (Å²) < 4.78 is 13.0. The number of carbonyl (C=O) groups excluding carboxylic acids is 1. The lowest BCUT2D eigenvalue weighted by Gasteiger charge is -1.95. The summed E-state index contributed by atoms with van der Waals surface area (Å²) in [6.07, 6.45) is 0. The lowest BCUT2D eigenvalue weighted by molar-refractivity contribution is 0.0996. The first-order valence-electron chi connectivity index (χ1n) is 4.67. The summed E-state index contributed by atoms with van der Waals surface area (Å²) in [5, 5.41) is 8.78. The fourth-order valence-corrected chi connectivity index (χ4v) is 1.40. The van der Waals surface area contributed by atoms with Gasteiger partial charge in [0.25, 0.3) is 5.91 Å². The Morgan fingerprint density at radius 2 is 2.29 bits per heavy atom. The van der Waals surface area contributed by atoms with E-state index in [0.29, 0.717) is 5.56 Å². The summed E-state index contributed by atoms with van der Waals surface area (Å²) in [5.41, 5.74) is 5.33. The van der Waals surface area contributed by atoms with E-state index in [0.717, 1.165) is 0 Å². The zero-order valence-corrected chi connectivity index (χ0v) is 8.57. The van der Waals surface area contributed by atoms with E-state index in [1.165, 1.54) is 18.2 Å². The van der Waals surface area contributed by atoms with Gasteiger partial charge >= 0.3 is 0 Å². The van der Waals surface area contributed by atoms with E-state index < -0.39 is 11.7 Å². The van der Waals surface area contributed by atoms with E-state index in [2.05, 4.69) is 9.97 Å². The molecule has 0 atom stereocenters. The van der Waals surface area contributed by atoms with Crippen LogP contribution in [-0.4, -0.2) is 15.9 Å². The highest BCUT2D eigenvalue weighted by Gasteiger charge is 2.15. The minimum atomic E-state index is -0.805. The molecular formula is C11H7FN4O. The van der Waals surface area contributed by atoms with Gasteiger partial charge in [-0.2, -0.15) is 5.26 Å². The van der Waals surface area contributed by atoms with E-state index in [1.54, 1.807) is 12.1 Å². The largest absolute Gasteiger partial charge is 0.364 e. The average molecular weight is 230 g/mol. The predicted molar refractivity (Wildman–Crippen MR) is 57.2 cm³/mol. The number of imidazole rings is 1. The lowest BCUT2D eigenvalue weighted by atomic mass is 10.2. The number of hydrogen-bond donors (Lipinski definition) is 2. The maximum absolute atomic E-state index is 13.0. The van der Waals surface area contributed by atoms with E-state index in [-0.39, 0.29) is 17.2 Å². The molecular weight excluding hydrogens is 223 g/mol. The fraction of sp³-hybridized carbons (Fsp3) is 0. The van der Waals surface area contributed by atoms with Crippen LogP contribution >= 0.6 is 0 Å². The molecule has 0 saturated carbocycles. The quantitative estimate of drug-likeness (QED) is 0.810. The van der Waals surface area contributed by atoms with Crippen LogP contribution < -0.4 is 5.73 Å². The number of rotatable bonds is 2. The maximum atomic E-state index is 13.0. The third-order valence-electron chi connectivity index (χ3n) is 2.15. The number of carbonyl (C=O) groups is 1. The number of primary amides is 1. The number of hydrogen-bond acceptors (Lipinski definition) is 3. The molecule has 0 fully saturated rings. The molecule has 1 amide bonds. The molecule has 17 heavy (non-hydrogen) atoms. The molecule has 0 saturated heterocycles. The molecule has 2 rings (SSSR count). The van der Waals surface area contributed by atoms with Crippen molar-refractivity contribution in [2.75, 3.05) is 0 Å². The number of nitrogens with one attached hydrogen (secondary N) is 1. The predicted octanol–water partition coefficient (Wildman–Crippen LogP) is 1.19.